The lowest BCUT2D eigenvalue weighted by Crippen LogP contribution is -2.32. The number of hydrogen-bond donors (Lipinski definition) is 1. The van der Waals surface area contributed by atoms with Crippen LogP contribution in [0.15, 0.2) is 60.2 Å². The number of hydrogen-bond acceptors (Lipinski definition) is 5. The van der Waals surface area contributed by atoms with E-state index in [-0.39, 0.29) is 24.5 Å². The highest BCUT2D eigenvalue weighted by Crippen LogP contribution is 2.43. The number of ketones is 1. The first-order chi connectivity index (χ1) is 15.9. The van der Waals surface area contributed by atoms with Crippen molar-refractivity contribution in [3.63, 3.8) is 0 Å². The molecule has 1 fully saturated rings. The molecule has 1 heterocycles. The van der Waals surface area contributed by atoms with E-state index in [9.17, 15) is 14.7 Å². The highest BCUT2D eigenvalue weighted by Gasteiger charge is 2.46. The summed E-state index contributed by atoms with van der Waals surface area (Å²) in [6.07, 6.45) is 0. The SMILES string of the molecule is COCCN1C(=O)C(=O)/C(=C(/O)c2cc(C)cc(C)c2OC)C1c1cccc2ccccc12. The molecule has 33 heavy (non-hydrogen) atoms. The Balaban J connectivity index is 2.01. The standard InChI is InChI=1S/C27H27NO5/c1-16-14-17(2)26(33-4)21(15-16)24(29)22-23(28(12-13-32-3)27(31)25(22)30)20-11-7-9-18-8-5-6-10-19(18)20/h5-11,14-15,23,29H,12-13H2,1-4H3/b24-22+. The van der Waals surface area contributed by atoms with E-state index in [1.165, 1.54) is 12.0 Å². The zero-order valence-electron chi connectivity index (χ0n) is 19.2. The topological polar surface area (TPSA) is 76.1 Å². The molecule has 0 saturated carbocycles. The van der Waals surface area contributed by atoms with Crippen LogP contribution in [0.5, 0.6) is 5.75 Å². The zero-order valence-corrected chi connectivity index (χ0v) is 19.2. The van der Waals surface area contributed by atoms with Crippen molar-refractivity contribution < 1.29 is 24.2 Å². The second kappa shape index (κ2) is 9.08. The monoisotopic (exact) mass is 445 g/mol. The Labute approximate surface area is 193 Å². The van der Waals surface area contributed by atoms with Crippen LogP contribution in [0.2, 0.25) is 0 Å². The normalized spacial score (nSPS) is 17.7. The number of amides is 1. The molecule has 1 unspecified atom stereocenters. The number of methoxy groups -OCH3 is 2. The van der Waals surface area contributed by atoms with Gasteiger partial charge in [0.1, 0.15) is 11.5 Å². The Hall–Kier alpha value is -3.64. The Bertz CT molecular complexity index is 1270. The van der Waals surface area contributed by atoms with Gasteiger partial charge in [0.25, 0.3) is 11.7 Å². The molecular weight excluding hydrogens is 418 g/mol. The summed E-state index contributed by atoms with van der Waals surface area (Å²) >= 11 is 0. The third-order valence-corrected chi connectivity index (χ3v) is 6.07. The molecule has 0 spiro atoms. The van der Waals surface area contributed by atoms with Crippen LogP contribution < -0.4 is 4.74 Å². The number of ether oxygens (including phenoxy) is 2. The van der Waals surface area contributed by atoms with Gasteiger partial charge in [-0.25, -0.2) is 0 Å². The fraction of sp³-hybridized carbons (Fsp3) is 0.259. The van der Waals surface area contributed by atoms with Gasteiger partial charge in [0.15, 0.2) is 0 Å². The minimum atomic E-state index is -0.753. The van der Waals surface area contributed by atoms with Crippen molar-refractivity contribution in [1.82, 2.24) is 4.90 Å². The van der Waals surface area contributed by atoms with Gasteiger partial charge in [0.2, 0.25) is 0 Å². The number of benzene rings is 3. The predicted octanol–water partition coefficient (Wildman–Crippen LogP) is 4.53. The summed E-state index contributed by atoms with van der Waals surface area (Å²) in [7, 11) is 3.07. The Kier molecular flexibility index (Phi) is 6.20. The molecular formula is C27H27NO5. The molecule has 3 aromatic carbocycles. The van der Waals surface area contributed by atoms with Crippen LogP contribution in [0.4, 0.5) is 0 Å². The maximum atomic E-state index is 13.3. The molecule has 1 aliphatic heterocycles. The molecule has 4 rings (SSSR count). The fourth-order valence-corrected chi connectivity index (χ4v) is 4.66. The summed E-state index contributed by atoms with van der Waals surface area (Å²) < 4.78 is 10.8. The summed E-state index contributed by atoms with van der Waals surface area (Å²) in [6, 6.07) is 16.5. The second-order valence-corrected chi connectivity index (χ2v) is 8.22. The van der Waals surface area contributed by atoms with Crippen molar-refractivity contribution in [1.29, 1.82) is 0 Å². The lowest BCUT2D eigenvalue weighted by atomic mass is 9.91. The number of aliphatic hydroxyl groups excluding tert-OH is 1. The lowest BCUT2D eigenvalue weighted by Gasteiger charge is -2.26. The van der Waals surface area contributed by atoms with E-state index >= 15 is 0 Å². The van der Waals surface area contributed by atoms with Gasteiger partial charge in [-0.3, -0.25) is 9.59 Å². The minimum absolute atomic E-state index is 0.0516. The molecule has 1 saturated heterocycles. The van der Waals surface area contributed by atoms with E-state index < -0.39 is 17.7 Å². The van der Waals surface area contributed by atoms with Crippen LogP contribution in [-0.4, -0.2) is 49.1 Å². The van der Waals surface area contributed by atoms with E-state index in [1.54, 1.807) is 13.2 Å². The van der Waals surface area contributed by atoms with Gasteiger partial charge in [-0.15, -0.1) is 0 Å². The summed E-state index contributed by atoms with van der Waals surface area (Å²) in [6.45, 7) is 4.27. The van der Waals surface area contributed by atoms with Gasteiger partial charge in [-0.1, -0.05) is 48.5 Å². The number of Topliss-reactive ketones (excluding diaryl/α,β-unsaturated/α-hetero) is 1. The maximum Gasteiger partial charge on any atom is 0.295 e. The van der Waals surface area contributed by atoms with E-state index in [0.717, 1.165) is 27.5 Å². The average Bonchev–Trinajstić information content (AvgIpc) is 3.06. The lowest BCUT2D eigenvalue weighted by molar-refractivity contribution is -0.140. The Morgan fingerprint density at radius 2 is 1.76 bits per heavy atom. The van der Waals surface area contributed by atoms with Crippen molar-refractivity contribution in [2.24, 2.45) is 0 Å². The van der Waals surface area contributed by atoms with Gasteiger partial charge in [0.05, 0.1) is 30.9 Å². The number of rotatable bonds is 6. The Morgan fingerprint density at radius 1 is 1.03 bits per heavy atom. The Morgan fingerprint density at radius 3 is 2.48 bits per heavy atom. The van der Waals surface area contributed by atoms with Crippen LogP contribution in [0, 0.1) is 13.8 Å². The highest BCUT2D eigenvalue weighted by molar-refractivity contribution is 6.46. The van der Waals surface area contributed by atoms with Crippen LogP contribution >= 0.6 is 0 Å². The minimum Gasteiger partial charge on any atom is -0.507 e. The van der Waals surface area contributed by atoms with Gasteiger partial charge in [-0.05, 0) is 47.4 Å². The number of nitrogens with zero attached hydrogens (tertiary/aromatic N) is 1. The zero-order chi connectivity index (χ0) is 23.7. The molecule has 0 bridgehead atoms. The fourth-order valence-electron chi connectivity index (χ4n) is 4.66. The summed E-state index contributed by atoms with van der Waals surface area (Å²) in [5.74, 6) is -1.15. The quantitative estimate of drug-likeness (QED) is 0.343. The molecule has 1 atom stereocenters. The summed E-state index contributed by atoms with van der Waals surface area (Å²) in [5, 5.41) is 13.4. The number of aliphatic hydroxyl groups is 1. The summed E-state index contributed by atoms with van der Waals surface area (Å²) in [5.41, 5.74) is 2.95. The first-order valence-electron chi connectivity index (χ1n) is 10.8. The van der Waals surface area contributed by atoms with Crippen LogP contribution in [0.25, 0.3) is 16.5 Å². The number of fused-ring (bicyclic) bond motifs is 1. The molecule has 6 nitrogen and oxygen atoms in total. The van der Waals surface area contributed by atoms with E-state index in [1.807, 2.05) is 62.4 Å². The smallest absolute Gasteiger partial charge is 0.295 e. The van der Waals surface area contributed by atoms with Gasteiger partial charge in [-0.2, -0.15) is 0 Å². The third kappa shape index (κ3) is 3.87. The summed E-state index contributed by atoms with van der Waals surface area (Å²) in [4.78, 5) is 27.9. The van der Waals surface area contributed by atoms with E-state index in [0.29, 0.717) is 11.3 Å². The van der Waals surface area contributed by atoms with E-state index in [4.69, 9.17) is 9.47 Å². The molecule has 0 aliphatic carbocycles. The van der Waals surface area contributed by atoms with E-state index in [2.05, 4.69) is 0 Å². The molecule has 1 N–H and O–H groups in total. The van der Waals surface area contributed by atoms with Crippen molar-refractivity contribution in [3.05, 3.63) is 82.4 Å². The van der Waals surface area contributed by atoms with Crippen LogP contribution in [-0.2, 0) is 14.3 Å². The van der Waals surface area contributed by atoms with Crippen molar-refractivity contribution in [2.45, 2.75) is 19.9 Å². The van der Waals surface area contributed by atoms with Gasteiger partial charge >= 0.3 is 0 Å². The highest BCUT2D eigenvalue weighted by atomic mass is 16.5. The molecule has 0 radical (unpaired) electrons. The van der Waals surface area contributed by atoms with Gasteiger partial charge in [0, 0.05) is 13.7 Å². The predicted molar refractivity (Wildman–Crippen MR) is 127 cm³/mol. The molecule has 6 heteroatoms. The molecule has 1 amide bonds. The molecule has 0 aromatic heterocycles. The molecule has 3 aromatic rings. The third-order valence-electron chi connectivity index (χ3n) is 6.07. The molecule has 1 aliphatic rings. The van der Waals surface area contributed by atoms with Crippen LogP contribution in [0.3, 0.4) is 0 Å². The average molecular weight is 446 g/mol. The van der Waals surface area contributed by atoms with Crippen LogP contribution in [0.1, 0.15) is 28.3 Å². The number of carbonyl (C=O) groups is 2. The maximum absolute atomic E-state index is 13.3. The molecule has 170 valence electrons. The second-order valence-electron chi connectivity index (χ2n) is 8.22. The van der Waals surface area contributed by atoms with Crippen molar-refractivity contribution in [2.75, 3.05) is 27.4 Å². The first kappa shape index (κ1) is 22.6. The number of carbonyl (C=O) groups excluding carboxylic acids is 2. The number of likely N-dealkylation sites (tertiary alicyclic amines) is 1. The largest absolute Gasteiger partial charge is 0.507 e. The number of aryl methyl sites for hydroxylation is 2. The van der Waals surface area contributed by atoms with Gasteiger partial charge < -0.3 is 19.5 Å². The van der Waals surface area contributed by atoms with Crippen molar-refractivity contribution >= 4 is 28.2 Å². The van der Waals surface area contributed by atoms with Crippen molar-refractivity contribution in [3.8, 4) is 5.75 Å². The first-order valence-corrected chi connectivity index (χ1v) is 10.8.